The number of hydrogen-bond donors (Lipinski definition) is 1. The van der Waals surface area contributed by atoms with Gasteiger partial charge < -0.3 is 5.73 Å². The molecule has 2 N–H and O–H groups in total. The molecule has 0 saturated heterocycles. The van der Waals surface area contributed by atoms with Crippen molar-refractivity contribution >= 4 is 0 Å². The fraction of sp³-hybridized carbons (Fsp3) is 0.429. The molecule has 1 nitrogen and oxygen atoms in total. The molecule has 0 bridgehead atoms. The van der Waals surface area contributed by atoms with Crippen LogP contribution in [0.1, 0.15) is 13.3 Å². The Kier molecular flexibility index (Phi) is 1.50. The highest BCUT2D eigenvalue weighted by molar-refractivity contribution is 5.27. The van der Waals surface area contributed by atoms with E-state index in [0.29, 0.717) is 0 Å². The van der Waals surface area contributed by atoms with Crippen LogP contribution in [0, 0.1) is 0 Å². The van der Waals surface area contributed by atoms with Gasteiger partial charge in [-0.25, -0.2) is 8.78 Å². The van der Waals surface area contributed by atoms with Crippen molar-refractivity contribution in [3.05, 3.63) is 23.7 Å². The Hall–Kier alpha value is -0.860. The average molecular weight is 145 g/mol. The molecule has 56 valence electrons. The summed E-state index contributed by atoms with van der Waals surface area (Å²) in [6, 6.07) is 0. The van der Waals surface area contributed by atoms with Crippen molar-refractivity contribution < 1.29 is 8.78 Å². The van der Waals surface area contributed by atoms with E-state index >= 15 is 0 Å². The molecule has 0 amide bonds. The van der Waals surface area contributed by atoms with Gasteiger partial charge in [-0.3, -0.25) is 0 Å². The maximum atomic E-state index is 12.9. The van der Waals surface area contributed by atoms with E-state index in [1.54, 1.807) is 0 Å². The molecule has 0 aromatic heterocycles. The van der Waals surface area contributed by atoms with Crippen molar-refractivity contribution in [2.75, 3.05) is 0 Å². The van der Waals surface area contributed by atoms with Crippen LogP contribution in [0.4, 0.5) is 8.78 Å². The smallest absolute Gasteiger partial charge is 0.134 e. The van der Waals surface area contributed by atoms with Crippen LogP contribution in [0.15, 0.2) is 23.7 Å². The molecular weight excluding hydrogens is 136 g/mol. The lowest BCUT2D eigenvalue weighted by Crippen LogP contribution is -2.21. The minimum absolute atomic E-state index is 0.0837. The zero-order valence-electron chi connectivity index (χ0n) is 5.70. The summed E-state index contributed by atoms with van der Waals surface area (Å²) in [5, 5.41) is 0. The number of alkyl halides is 1. The number of hydrogen-bond acceptors (Lipinski definition) is 1. The van der Waals surface area contributed by atoms with Gasteiger partial charge in [-0.2, -0.15) is 0 Å². The first-order valence-electron chi connectivity index (χ1n) is 3.03. The molecule has 0 aromatic rings. The fourth-order valence-electron chi connectivity index (χ4n) is 1.01. The van der Waals surface area contributed by atoms with Crippen LogP contribution in [-0.2, 0) is 0 Å². The molecule has 0 heterocycles. The molecule has 10 heavy (non-hydrogen) atoms. The van der Waals surface area contributed by atoms with E-state index in [9.17, 15) is 8.78 Å². The highest BCUT2D eigenvalue weighted by Gasteiger charge is 2.25. The third kappa shape index (κ3) is 1.56. The van der Waals surface area contributed by atoms with Gasteiger partial charge >= 0.3 is 0 Å². The predicted octanol–water partition coefficient (Wildman–Crippen LogP) is 1.81. The molecule has 1 atom stereocenters. The molecule has 0 aliphatic heterocycles. The quantitative estimate of drug-likeness (QED) is 0.552. The summed E-state index contributed by atoms with van der Waals surface area (Å²) in [7, 11) is 0. The first-order valence-corrected chi connectivity index (χ1v) is 3.03. The van der Waals surface area contributed by atoms with Gasteiger partial charge in [0.25, 0.3) is 0 Å². The monoisotopic (exact) mass is 145 g/mol. The maximum Gasteiger partial charge on any atom is 0.134 e. The highest BCUT2D eigenvalue weighted by atomic mass is 19.1. The van der Waals surface area contributed by atoms with Crippen molar-refractivity contribution in [2.24, 2.45) is 5.73 Å². The van der Waals surface area contributed by atoms with Gasteiger partial charge in [0.1, 0.15) is 11.5 Å². The van der Waals surface area contributed by atoms with E-state index in [2.05, 4.69) is 0 Å². The SMILES string of the molecule is C[C@]1(F)C=C(F)C=C(N)C1. The number of rotatable bonds is 0. The molecule has 3 heteroatoms. The van der Waals surface area contributed by atoms with Crippen LogP contribution in [0.5, 0.6) is 0 Å². The van der Waals surface area contributed by atoms with Crippen LogP contribution in [0.25, 0.3) is 0 Å². The number of nitrogens with two attached hydrogens (primary N) is 1. The second kappa shape index (κ2) is 2.08. The molecule has 0 spiro atoms. The maximum absolute atomic E-state index is 12.9. The molecule has 1 rings (SSSR count). The van der Waals surface area contributed by atoms with Gasteiger partial charge in [-0.05, 0) is 19.1 Å². The molecule has 0 aromatic carbocycles. The van der Waals surface area contributed by atoms with Crippen molar-refractivity contribution in [3.63, 3.8) is 0 Å². The van der Waals surface area contributed by atoms with Crippen molar-refractivity contribution in [1.29, 1.82) is 0 Å². The third-order valence-electron chi connectivity index (χ3n) is 1.31. The lowest BCUT2D eigenvalue weighted by Gasteiger charge is -2.19. The van der Waals surface area contributed by atoms with Crippen molar-refractivity contribution in [2.45, 2.75) is 19.0 Å². The first kappa shape index (κ1) is 7.25. The minimum Gasteiger partial charge on any atom is -0.402 e. The lowest BCUT2D eigenvalue weighted by molar-refractivity contribution is 0.248. The zero-order valence-corrected chi connectivity index (χ0v) is 5.70. The second-order valence-electron chi connectivity index (χ2n) is 2.70. The number of allylic oxidation sites excluding steroid dienone is 4. The van der Waals surface area contributed by atoms with Crippen LogP contribution in [0.3, 0.4) is 0 Å². The molecule has 0 fully saturated rings. The molecule has 0 unspecified atom stereocenters. The van der Waals surface area contributed by atoms with E-state index in [0.717, 1.165) is 12.2 Å². The summed E-state index contributed by atoms with van der Waals surface area (Å²) in [5.74, 6) is -0.589. The summed E-state index contributed by atoms with van der Waals surface area (Å²) in [5.41, 5.74) is 3.89. The van der Waals surface area contributed by atoms with Crippen LogP contribution < -0.4 is 5.73 Å². The molecule has 0 radical (unpaired) electrons. The molecule has 1 aliphatic rings. The Morgan fingerprint density at radius 2 is 2.30 bits per heavy atom. The summed E-state index contributed by atoms with van der Waals surface area (Å²) >= 11 is 0. The van der Waals surface area contributed by atoms with E-state index < -0.39 is 11.5 Å². The molecular formula is C7H9F2N. The van der Waals surface area contributed by atoms with E-state index in [1.807, 2.05) is 0 Å². The Balaban J connectivity index is 2.88. The Bertz CT molecular complexity index is 204. The van der Waals surface area contributed by atoms with Gasteiger partial charge in [0.05, 0.1) is 0 Å². The standard InChI is InChI=1S/C7H9F2N/c1-7(9)3-5(8)2-6(10)4-7/h2-3H,4,10H2,1H3/t7-/m0/s1. The molecule has 1 aliphatic carbocycles. The Labute approximate surface area is 58.2 Å². The van der Waals surface area contributed by atoms with Crippen LogP contribution >= 0.6 is 0 Å². The van der Waals surface area contributed by atoms with Gasteiger partial charge in [0.2, 0.25) is 0 Å². The normalized spacial score (nSPS) is 33.1. The van der Waals surface area contributed by atoms with E-state index in [1.165, 1.54) is 6.92 Å². The van der Waals surface area contributed by atoms with Crippen molar-refractivity contribution in [3.8, 4) is 0 Å². The highest BCUT2D eigenvalue weighted by Crippen LogP contribution is 2.27. The van der Waals surface area contributed by atoms with E-state index in [-0.39, 0.29) is 12.1 Å². The second-order valence-corrected chi connectivity index (χ2v) is 2.70. The lowest BCUT2D eigenvalue weighted by atomic mass is 9.97. The summed E-state index contributed by atoms with van der Waals surface area (Å²) < 4.78 is 25.3. The summed E-state index contributed by atoms with van der Waals surface area (Å²) in [4.78, 5) is 0. The largest absolute Gasteiger partial charge is 0.402 e. The topological polar surface area (TPSA) is 26.0 Å². The minimum atomic E-state index is -1.61. The Morgan fingerprint density at radius 1 is 1.70 bits per heavy atom. The third-order valence-corrected chi connectivity index (χ3v) is 1.31. The first-order chi connectivity index (χ1) is 4.49. The van der Waals surface area contributed by atoms with Crippen molar-refractivity contribution in [1.82, 2.24) is 0 Å². The summed E-state index contributed by atoms with van der Waals surface area (Å²) in [6.45, 7) is 1.30. The average Bonchev–Trinajstić information content (AvgIpc) is 1.54. The van der Waals surface area contributed by atoms with Gasteiger partial charge in [0.15, 0.2) is 0 Å². The number of halogens is 2. The zero-order chi connectivity index (χ0) is 7.78. The fourth-order valence-corrected chi connectivity index (χ4v) is 1.01. The van der Waals surface area contributed by atoms with Crippen LogP contribution in [0.2, 0.25) is 0 Å². The van der Waals surface area contributed by atoms with Gasteiger partial charge in [-0.1, -0.05) is 0 Å². The van der Waals surface area contributed by atoms with Crippen LogP contribution in [-0.4, -0.2) is 5.67 Å². The summed E-state index contributed by atoms with van der Waals surface area (Å²) in [6.07, 6.45) is 2.16. The van der Waals surface area contributed by atoms with E-state index in [4.69, 9.17) is 5.73 Å². The predicted molar refractivity (Wildman–Crippen MR) is 35.6 cm³/mol. The molecule has 0 saturated carbocycles. The van der Waals surface area contributed by atoms with Gasteiger partial charge in [0, 0.05) is 12.1 Å². The Morgan fingerprint density at radius 3 is 2.70 bits per heavy atom. The van der Waals surface area contributed by atoms with Gasteiger partial charge in [-0.15, -0.1) is 0 Å².